The van der Waals surface area contributed by atoms with Gasteiger partial charge in [0.2, 0.25) is 0 Å². The molecule has 0 saturated carbocycles. The van der Waals surface area contributed by atoms with E-state index in [1.165, 1.54) is 11.6 Å². The standard InChI is InChI=1S/C26H28N2O4/c27-14-20-4-2-6-22(12-20)18-32-17-21-5-1-3-19(11-21)9-10-28-15-26(31)23-7-8-25(30)24(13-23)16-29/h1-8,11-13,26,28-31H,9-10,15-18H2/t26-/m0/s1. The highest BCUT2D eigenvalue weighted by atomic mass is 16.5. The van der Waals surface area contributed by atoms with Crippen LogP contribution >= 0.6 is 0 Å². The van der Waals surface area contributed by atoms with E-state index in [-0.39, 0.29) is 12.4 Å². The smallest absolute Gasteiger partial charge is 0.121 e. The number of rotatable bonds is 11. The van der Waals surface area contributed by atoms with Crippen molar-refractivity contribution in [1.29, 1.82) is 5.26 Å². The number of aliphatic hydroxyl groups is 2. The SMILES string of the molecule is N#Cc1cccc(COCc2cccc(CCNC[C@H](O)c3ccc(O)c(CO)c3)c2)c1. The second-order valence-electron chi connectivity index (χ2n) is 7.64. The van der Waals surface area contributed by atoms with Crippen LogP contribution in [0.25, 0.3) is 0 Å². The first-order chi connectivity index (χ1) is 15.6. The summed E-state index contributed by atoms with van der Waals surface area (Å²) in [6, 6.07) is 22.5. The zero-order valence-electron chi connectivity index (χ0n) is 17.9. The van der Waals surface area contributed by atoms with Crippen LogP contribution in [0.2, 0.25) is 0 Å². The third-order valence-electron chi connectivity index (χ3n) is 5.17. The van der Waals surface area contributed by atoms with Gasteiger partial charge in [0.25, 0.3) is 0 Å². The molecule has 4 N–H and O–H groups in total. The van der Waals surface area contributed by atoms with Gasteiger partial charge in [0, 0.05) is 12.1 Å². The van der Waals surface area contributed by atoms with Gasteiger partial charge in [-0.1, -0.05) is 42.5 Å². The maximum absolute atomic E-state index is 10.3. The number of nitriles is 1. The normalized spacial score (nSPS) is 11.8. The molecule has 0 heterocycles. The summed E-state index contributed by atoms with van der Waals surface area (Å²) in [5, 5.41) is 41.4. The van der Waals surface area contributed by atoms with E-state index in [1.807, 2.05) is 30.3 Å². The maximum Gasteiger partial charge on any atom is 0.121 e. The molecule has 6 heteroatoms. The van der Waals surface area contributed by atoms with E-state index in [2.05, 4.69) is 23.5 Å². The van der Waals surface area contributed by atoms with Gasteiger partial charge in [-0.3, -0.25) is 0 Å². The van der Waals surface area contributed by atoms with Gasteiger partial charge in [0.05, 0.1) is 37.6 Å². The number of hydrogen-bond donors (Lipinski definition) is 4. The highest BCUT2D eigenvalue weighted by Crippen LogP contribution is 2.22. The average molecular weight is 433 g/mol. The highest BCUT2D eigenvalue weighted by Gasteiger charge is 2.10. The van der Waals surface area contributed by atoms with E-state index in [4.69, 9.17) is 10.00 Å². The van der Waals surface area contributed by atoms with Crippen LogP contribution in [-0.2, 0) is 31.0 Å². The van der Waals surface area contributed by atoms with Crippen molar-refractivity contribution in [2.75, 3.05) is 13.1 Å². The van der Waals surface area contributed by atoms with Crippen molar-refractivity contribution in [1.82, 2.24) is 5.32 Å². The van der Waals surface area contributed by atoms with Crippen molar-refractivity contribution in [2.24, 2.45) is 0 Å². The lowest BCUT2D eigenvalue weighted by molar-refractivity contribution is 0.107. The molecule has 0 bridgehead atoms. The minimum atomic E-state index is -0.722. The second-order valence-corrected chi connectivity index (χ2v) is 7.64. The van der Waals surface area contributed by atoms with E-state index >= 15 is 0 Å². The molecular formula is C26H28N2O4. The van der Waals surface area contributed by atoms with Crippen molar-refractivity contribution >= 4 is 0 Å². The van der Waals surface area contributed by atoms with Crippen LogP contribution in [0, 0.1) is 11.3 Å². The predicted molar refractivity (Wildman–Crippen MR) is 122 cm³/mol. The third-order valence-corrected chi connectivity index (χ3v) is 5.17. The molecule has 3 rings (SSSR count). The molecule has 3 aromatic carbocycles. The number of nitrogens with one attached hydrogen (secondary N) is 1. The molecular weight excluding hydrogens is 404 g/mol. The molecule has 6 nitrogen and oxygen atoms in total. The summed E-state index contributed by atoms with van der Waals surface area (Å²) in [6.07, 6.45) is 0.0857. The molecule has 32 heavy (non-hydrogen) atoms. The lowest BCUT2D eigenvalue weighted by Gasteiger charge is -2.14. The lowest BCUT2D eigenvalue weighted by Crippen LogP contribution is -2.23. The fourth-order valence-electron chi connectivity index (χ4n) is 3.42. The van der Waals surface area contributed by atoms with Gasteiger partial charge < -0.3 is 25.4 Å². The minimum absolute atomic E-state index is 0.0240. The number of hydrogen-bond acceptors (Lipinski definition) is 6. The molecule has 0 aliphatic heterocycles. The molecule has 3 aromatic rings. The Bertz CT molecular complexity index is 1060. The second kappa shape index (κ2) is 12.0. The first kappa shape index (κ1) is 23.5. The highest BCUT2D eigenvalue weighted by molar-refractivity contribution is 5.36. The summed E-state index contributed by atoms with van der Waals surface area (Å²) < 4.78 is 5.80. The third kappa shape index (κ3) is 6.91. The molecule has 0 radical (unpaired) electrons. The summed E-state index contributed by atoms with van der Waals surface area (Å²) in [5.74, 6) is 0.0240. The van der Waals surface area contributed by atoms with E-state index in [1.54, 1.807) is 18.2 Å². The monoisotopic (exact) mass is 432 g/mol. The Morgan fingerprint density at radius 3 is 2.41 bits per heavy atom. The van der Waals surface area contributed by atoms with Gasteiger partial charge >= 0.3 is 0 Å². The minimum Gasteiger partial charge on any atom is -0.508 e. The molecule has 0 aliphatic rings. The molecule has 0 aromatic heterocycles. The van der Waals surface area contributed by atoms with Crippen LogP contribution in [0.15, 0.2) is 66.7 Å². The number of aliphatic hydroxyl groups excluding tert-OH is 2. The Morgan fingerprint density at radius 1 is 0.938 bits per heavy atom. The number of benzene rings is 3. The summed E-state index contributed by atoms with van der Waals surface area (Å²) in [7, 11) is 0. The van der Waals surface area contributed by atoms with Crippen LogP contribution in [0.4, 0.5) is 0 Å². The van der Waals surface area contributed by atoms with Crippen molar-refractivity contribution in [3.63, 3.8) is 0 Å². The van der Waals surface area contributed by atoms with Gasteiger partial charge in [-0.15, -0.1) is 0 Å². The molecule has 0 aliphatic carbocycles. The molecule has 1 atom stereocenters. The predicted octanol–water partition coefficient (Wildman–Crippen LogP) is 3.34. The lowest BCUT2D eigenvalue weighted by atomic mass is 10.0. The fourth-order valence-corrected chi connectivity index (χ4v) is 3.42. The Kier molecular flexibility index (Phi) is 8.79. The van der Waals surface area contributed by atoms with E-state index in [0.717, 1.165) is 17.5 Å². The summed E-state index contributed by atoms with van der Waals surface area (Å²) in [5.41, 5.74) is 4.91. The van der Waals surface area contributed by atoms with E-state index in [9.17, 15) is 15.3 Å². The van der Waals surface area contributed by atoms with Crippen molar-refractivity contribution < 1.29 is 20.1 Å². The number of ether oxygens (including phenoxy) is 1. The van der Waals surface area contributed by atoms with Crippen molar-refractivity contribution in [3.8, 4) is 11.8 Å². The first-order valence-corrected chi connectivity index (χ1v) is 10.5. The molecule has 0 spiro atoms. The zero-order chi connectivity index (χ0) is 22.8. The quantitative estimate of drug-likeness (QED) is 0.346. The van der Waals surface area contributed by atoms with Crippen molar-refractivity contribution in [2.45, 2.75) is 32.3 Å². The number of phenols is 1. The summed E-state index contributed by atoms with van der Waals surface area (Å²) in [6.45, 7) is 1.75. The topological polar surface area (TPSA) is 106 Å². The van der Waals surface area contributed by atoms with Gasteiger partial charge in [0.1, 0.15) is 5.75 Å². The molecule has 0 fully saturated rings. The summed E-state index contributed by atoms with van der Waals surface area (Å²) >= 11 is 0. The Balaban J connectivity index is 1.42. The Labute approximate surface area is 188 Å². The van der Waals surface area contributed by atoms with Crippen LogP contribution in [0.5, 0.6) is 5.75 Å². The Hall–Kier alpha value is -3.21. The van der Waals surface area contributed by atoms with Gasteiger partial charge in [-0.05, 0) is 59.5 Å². The van der Waals surface area contributed by atoms with Gasteiger partial charge in [-0.2, -0.15) is 5.26 Å². The Morgan fingerprint density at radius 2 is 1.66 bits per heavy atom. The van der Waals surface area contributed by atoms with Crippen molar-refractivity contribution in [3.05, 3.63) is 100 Å². The van der Waals surface area contributed by atoms with E-state index in [0.29, 0.717) is 43.0 Å². The summed E-state index contributed by atoms with van der Waals surface area (Å²) in [4.78, 5) is 0. The molecule has 166 valence electrons. The average Bonchev–Trinajstić information content (AvgIpc) is 2.82. The molecule has 0 unspecified atom stereocenters. The number of nitrogens with zero attached hydrogens (tertiary/aromatic N) is 1. The maximum atomic E-state index is 10.3. The van der Waals surface area contributed by atoms with E-state index < -0.39 is 6.10 Å². The van der Waals surface area contributed by atoms with Crippen LogP contribution in [0.1, 0.15) is 39.5 Å². The number of aromatic hydroxyl groups is 1. The van der Waals surface area contributed by atoms with Crippen LogP contribution in [0.3, 0.4) is 0 Å². The fraction of sp³-hybridized carbons (Fsp3) is 0.269. The first-order valence-electron chi connectivity index (χ1n) is 10.5. The van der Waals surface area contributed by atoms with Crippen LogP contribution < -0.4 is 5.32 Å². The molecule has 0 amide bonds. The zero-order valence-corrected chi connectivity index (χ0v) is 17.9. The van der Waals surface area contributed by atoms with Gasteiger partial charge in [-0.25, -0.2) is 0 Å². The molecule has 0 saturated heterocycles. The van der Waals surface area contributed by atoms with Gasteiger partial charge in [0.15, 0.2) is 0 Å². The largest absolute Gasteiger partial charge is 0.508 e. The van der Waals surface area contributed by atoms with Crippen LogP contribution in [-0.4, -0.2) is 28.4 Å².